The van der Waals surface area contributed by atoms with E-state index in [9.17, 15) is 8.42 Å². The fraction of sp³-hybridized carbons (Fsp3) is 1.00. The van der Waals surface area contributed by atoms with Crippen molar-refractivity contribution in [1.82, 2.24) is 10.2 Å². The van der Waals surface area contributed by atoms with Crippen molar-refractivity contribution in [3.8, 4) is 0 Å². The average Bonchev–Trinajstić information content (AvgIpc) is 2.60. The third kappa shape index (κ3) is 5.01. The molecular weight excluding hydrogens is 272 g/mol. The van der Waals surface area contributed by atoms with Crippen LogP contribution in [0.4, 0.5) is 0 Å². The van der Waals surface area contributed by atoms with Crippen molar-refractivity contribution in [2.75, 3.05) is 37.7 Å². The van der Waals surface area contributed by atoms with Gasteiger partial charge in [-0.05, 0) is 50.6 Å². The van der Waals surface area contributed by atoms with Gasteiger partial charge in [0.2, 0.25) is 0 Å². The van der Waals surface area contributed by atoms with Crippen LogP contribution in [-0.2, 0) is 9.84 Å². The molecule has 0 saturated carbocycles. The molecule has 0 spiro atoms. The number of likely N-dealkylation sites (tertiary alicyclic amines) is 1. The second kappa shape index (κ2) is 7.23. The van der Waals surface area contributed by atoms with Crippen molar-refractivity contribution < 1.29 is 8.42 Å². The maximum Gasteiger partial charge on any atom is 0.151 e. The molecule has 0 aromatic heterocycles. The summed E-state index contributed by atoms with van der Waals surface area (Å²) >= 11 is 0. The minimum atomic E-state index is -2.75. The van der Waals surface area contributed by atoms with Gasteiger partial charge in [0, 0.05) is 19.1 Å². The Hall–Kier alpha value is -0.130. The third-order valence-corrected chi connectivity index (χ3v) is 6.67. The van der Waals surface area contributed by atoms with E-state index in [-0.39, 0.29) is 6.04 Å². The lowest BCUT2D eigenvalue weighted by atomic mass is 9.89. The quantitative estimate of drug-likeness (QED) is 0.836. The van der Waals surface area contributed by atoms with Crippen LogP contribution in [0.1, 0.15) is 39.5 Å². The summed E-state index contributed by atoms with van der Waals surface area (Å²) < 4.78 is 22.8. The number of sulfone groups is 1. The lowest BCUT2D eigenvalue weighted by molar-refractivity contribution is 0.268. The molecule has 2 fully saturated rings. The van der Waals surface area contributed by atoms with Gasteiger partial charge in [-0.15, -0.1) is 0 Å². The van der Waals surface area contributed by atoms with Crippen molar-refractivity contribution in [3.63, 3.8) is 0 Å². The smallest absolute Gasteiger partial charge is 0.151 e. The van der Waals surface area contributed by atoms with E-state index < -0.39 is 9.84 Å². The zero-order valence-corrected chi connectivity index (χ0v) is 13.8. The molecule has 0 aliphatic carbocycles. The molecule has 20 heavy (non-hydrogen) atoms. The Kier molecular flexibility index (Phi) is 5.87. The van der Waals surface area contributed by atoms with Crippen LogP contribution in [0.25, 0.3) is 0 Å². The second-order valence-electron chi connectivity index (χ2n) is 6.83. The van der Waals surface area contributed by atoms with Crippen LogP contribution in [0.3, 0.4) is 0 Å². The van der Waals surface area contributed by atoms with Crippen LogP contribution in [0.15, 0.2) is 0 Å². The highest BCUT2D eigenvalue weighted by Crippen LogP contribution is 2.24. The Morgan fingerprint density at radius 1 is 1.20 bits per heavy atom. The summed E-state index contributed by atoms with van der Waals surface area (Å²) in [6.45, 7) is 9.06. The van der Waals surface area contributed by atoms with Crippen molar-refractivity contribution in [2.24, 2.45) is 11.8 Å². The normalized spacial score (nSPS) is 31.6. The molecule has 118 valence electrons. The van der Waals surface area contributed by atoms with E-state index >= 15 is 0 Å². The molecule has 2 aliphatic rings. The van der Waals surface area contributed by atoms with E-state index in [1.165, 1.54) is 32.4 Å². The van der Waals surface area contributed by atoms with E-state index in [4.69, 9.17) is 0 Å². The molecule has 4 nitrogen and oxygen atoms in total. The van der Waals surface area contributed by atoms with Gasteiger partial charge >= 0.3 is 0 Å². The Labute approximate surface area is 124 Å². The highest BCUT2D eigenvalue weighted by Gasteiger charge is 2.27. The maximum absolute atomic E-state index is 11.4. The number of rotatable bonds is 5. The van der Waals surface area contributed by atoms with Gasteiger partial charge in [0.1, 0.15) is 0 Å². The van der Waals surface area contributed by atoms with Crippen molar-refractivity contribution in [3.05, 3.63) is 0 Å². The molecule has 0 amide bonds. The number of nitrogens with zero attached hydrogens (tertiary/aromatic N) is 1. The molecular formula is C15H30N2O2S. The summed E-state index contributed by atoms with van der Waals surface area (Å²) in [7, 11) is -2.75. The zero-order valence-electron chi connectivity index (χ0n) is 13.0. The molecule has 5 heteroatoms. The fourth-order valence-corrected chi connectivity index (χ4v) is 5.16. The maximum atomic E-state index is 11.4. The second-order valence-corrected chi connectivity index (χ2v) is 9.06. The van der Waals surface area contributed by atoms with Crippen LogP contribution < -0.4 is 5.32 Å². The third-order valence-electron chi connectivity index (χ3n) is 4.90. The largest absolute Gasteiger partial charge is 0.312 e. The lowest BCUT2D eigenvalue weighted by Gasteiger charge is -2.22. The fourth-order valence-electron chi connectivity index (χ4n) is 3.45. The molecule has 2 saturated heterocycles. The Morgan fingerprint density at radius 2 is 2.00 bits per heavy atom. The summed E-state index contributed by atoms with van der Waals surface area (Å²) in [5.41, 5.74) is 0. The Balaban J connectivity index is 1.65. The molecule has 2 rings (SSSR count). The first kappa shape index (κ1) is 16.2. The summed E-state index contributed by atoms with van der Waals surface area (Å²) in [6.07, 6.45) is 4.77. The van der Waals surface area contributed by atoms with E-state index in [2.05, 4.69) is 24.1 Å². The molecule has 0 aromatic rings. The Morgan fingerprint density at radius 3 is 2.65 bits per heavy atom. The van der Waals surface area contributed by atoms with Crippen LogP contribution in [0.2, 0.25) is 0 Å². The van der Waals surface area contributed by atoms with Gasteiger partial charge in [0.25, 0.3) is 0 Å². The molecule has 0 aromatic carbocycles. The SMILES string of the molecule is CC(C)C1CCCN(CCNC2CCS(=O)(=O)C2)CC1. The zero-order chi connectivity index (χ0) is 14.6. The first-order valence-corrected chi connectivity index (χ1v) is 9.94. The summed E-state index contributed by atoms with van der Waals surface area (Å²) in [4.78, 5) is 2.54. The minimum Gasteiger partial charge on any atom is -0.312 e. The van der Waals surface area contributed by atoms with E-state index in [1.54, 1.807) is 0 Å². The van der Waals surface area contributed by atoms with Crippen molar-refractivity contribution >= 4 is 9.84 Å². The molecule has 0 bridgehead atoms. The molecule has 2 unspecified atom stereocenters. The standard InChI is InChI=1S/C15H30N2O2S/c1-13(2)14-4-3-8-17(9-5-14)10-7-16-15-6-11-20(18,19)12-15/h13-16H,3-12H2,1-2H3. The van der Waals surface area contributed by atoms with Crippen LogP contribution in [0, 0.1) is 11.8 Å². The number of hydrogen-bond donors (Lipinski definition) is 1. The van der Waals surface area contributed by atoms with Crippen molar-refractivity contribution in [1.29, 1.82) is 0 Å². The Bertz CT molecular complexity index is 395. The van der Waals surface area contributed by atoms with Crippen LogP contribution >= 0.6 is 0 Å². The van der Waals surface area contributed by atoms with Gasteiger partial charge < -0.3 is 10.2 Å². The monoisotopic (exact) mass is 302 g/mol. The van der Waals surface area contributed by atoms with Gasteiger partial charge in [-0.2, -0.15) is 0 Å². The van der Waals surface area contributed by atoms with Gasteiger partial charge in [-0.1, -0.05) is 13.8 Å². The highest BCUT2D eigenvalue weighted by molar-refractivity contribution is 7.91. The average molecular weight is 302 g/mol. The summed E-state index contributed by atoms with van der Waals surface area (Å²) in [5.74, 6) is 2.39. The minimum absolute atomic E-state index is 0.190. The van der Waals surface area contributed by atoms with Crippen LogP contribution in [-0.4, -0.2) is 57.0 Å². The summed E-state index contributed by atoms with van der Waals surface area (Å²) in [5, 5.41) is 3.42. The van der Waals surface area contributed by atoms with Gasteiger partial charge in [0.05, 0.1) is 11.5 Å². The number of hydrogen-bond acceptors (Lipinski definition) is 4. The highest BCUT2D eigenvalue weighted by atomic mass is 32.2. The van der Waals surface area contributed by atoms with E-state index in [0.717, 1.165) is 31.3 Å². The number of nitrogens with one attached hydrogen (secondary N) is 1. The molecule has 1 N–H and O–H groups in total. The van der Waals surface area contributed by atoms with E-state index in [1.807, 2.05) is 0 Å². The first-order valence-electron chi connectivity index (χ1n) is 8.12. The molecule has 2 atom stereocenters. The summed E-state index contributed by atoms with van der Waals surface area (Å²) in [6, 6.07) is 0.190. The van der Waals surface area contributed by atoms with Gasteiger partial charge in [-0.3, -0.25) is 0 Å². The predicted molar refractivity (Wildman–Crippen MR) is 83.7 cm³/mol. The van der Waals surface area contributed by atoms with E-state index in [0.29, 0.717) is 11.5 Å². The predicted octanol–water partition coefficient (Wildman–Crippen LogP) is 1.52. The molecule has 2 aliphatic heterocycles. The van der Waals surface area contributed by atoms with Gasteiger partial charge in [0.15, 0.2) is 9.84 Å². The van der Waals surface area contributed by atoms with Crippen LogP contribution in [0.5, 0.6) is 0 Å². The van der Waals surface area contributed by atoms with Gasteiger partial charge in [-0.25, -0.2) is 8.42 Å². The van der Waals surface area contributed by atoms with Crippen molar-refractivity contribution in [2.45, 2.75) is 45.6 Å². The first-order chi connectivity index (χ1) is 9.46. The molecule has 0 radical (unpaired) electrons. The molecule has 2 heterocycles. The topological polar surface area (TPSA) is 49.4 Å². The lowest BCUT2D eigenvalue weighted by Crippen LogP contribution is -2.38.